The van der Waals surface area contributed by atoms with Gasteiger partial charge in [-0.05, 0) is 31.7 Å². The smallest absolute Gasteiger partial charge is 0.311 e. The van der Waals surface area contributed by atoms with Gasteiger partial charge in [0.15, 0.2) is 0 Å². The monoisotopic (exact) mass is 290 g/mol. The summed E-state index contributed by atoms with van der Waals surface area (Å²) in [5.74, 6) is 0.183. The lowest BCUT2D eigenvalue weighted by atomic mass is 9.89. The Morgan fingerprint density at radius 2 is 1.90 bits per heavy atom. The Morgan fingerprint density at radius 3 is 2.48 bits per heavy atom. The molecule has 0 aliphatic rings. The van der Waals surface area contributed by atoms with Crippen LogP contribution in [0, 0.1) is 11.3 Å². The van der Waals surface area contributed by atoms with Crippen molar-refractivity contribution in [1.29, 1.82) is 0 Å². The molecule has 0 spiro atoms. The summed E-state index contributed by atoms with van der Waals surface area (Å²) >= 11 is 0. The van der Waals surface area contributed by atoms with Crippen molar-refractivity contribution in [2.24, 2.45) is 11.3 Å². The average molecular weight is 290 g/mol. The molecule has 0 saturated carbocycles. The lowest BCUT2D eigenvalue weighted by Crippen LogP contribution is -2.27. The van der Waals surface area contributed by atoms with E-state index in [1.54, 1.807) is 0 Å². The summed E-state index contributed by atoms with van der Waals surface area (Å²) in [5.41, 5.74) is 0.171. The van der Waals surface area contributed by atoms with Gasteiger partial charge in [0.05, 0.1) is 5.41 Å². The summed E-state index contributed by atoms with van der Waals surface area (Å²) in [6.07, 6.45) is 3.94. The van der Waals surface area contributed by atoms with Crippen molar-refractivity contribution in [3.05, 3.63) is 48.0 Å². The third-order valence-electron chi connectivity index (χ3n) is 3.26. The quantitative estimate of drug-likeness (QED) is 0.612. The number of rotatable bonds is 7. The van der Waals surface area contributed by atoms with Crippen LogP contribution in [0.25, 0.3) is 0 Å². The van der Waals surface area contributed by atoms with Gasteiger partial charge in [0.25, 0.3) is 0 Å². The highest BCUT2D eigenvalue weighted by Gasteiger charge is 2.28. The normalized spacial score (nSPS) is 13.6. The number of hydrogen-bond donors (Lipinski definition) is 1. The highest BCUT2D eigenvalue weighted by molar-refractivity contribution is 5.76. The van der Waals surface area contributed by atoms with Crippen LogP contribution in [0.4, 0.5) is 0 Å². The fourth-order valence-corrected chi connectivity index (χ4v) is 1.84. The summed E-state index contributed by atoms with van der Waals surface area (Å²) in [5, 5.41) is 9.99. The number of hydrogen-bond acceptors (Lipinski definition) is 3. The molecule has 1 atom stereocenters. The highest BCUT2D eigenvalue weighted by atomic mass is 16.5. The van der Waals surface area contributed by atoms with E-state index in [0.717, 1.165) is 5.56 Å². The second kappa shape index (κ2) is 7.99. The molecule has 1 aromatic carbocycles. The fourth-order valence-electron chi connectivity index (χ4n) is 1.84. The molecular formula is C18H26O3. The standard InChI is InChI=1S/C18H26O3/c1-14(2)9-8-12-18(3,4)17(20)21-13-16(19)15-10-6-5-7-11-15/h5-11,14,16,19H,12-13H2,1-4H3/b9-8+. The molecular weight excluding hydrogens is 264 g/mol. The van der Waals surface area contributed by atoms with E-state index in [4.69, 9.17) is 4.74 Å². The van der Waals surface area contributed by atoms with Crippen LogP contribution in [-0.2, 0) is 9.53 Å². The largest absolute Gasteiger partial charge is 0.462 e. The summed E-state index contributed by atoms with van der Waals surface area (Å²) in [6, 6.07) is 9.21. The topological polar surface area (TPSA) is 46.5 Å². The van der Waals surface area contributed by atoms with Gasteiger partial charge >= 0.3 is 5.97 Å². The lowest BCUT2D eigenvalue weighted by Gasteiger charge is -2.22. The number of esters is 1. The minimum atomic E-state index is -0.780. The third-order valence-corrected chi connectivity index (χ3v) is 3.26. The van der Waals surface area contributed by atoms with Crippen molar-refractivity contribution >= 4 is 5.97 Å². The SMILES string of the molecule is CC(C)/C=C/CC(C)(C)C(=O)OCC(O)c1ccccc1. The molecule has 1 N–H and O–H groups in total. The van der Waals surface area contributed by atoms with Gasteiger partial charge in [-0.15, -0.1) is 0 Å². The number of allylic oxidation sites excluding steroid dienone is 2. The first-order chi connectivity index (χ1) is 9.83. The third kappa shape index (κ3) is 6.13. The number of aliphatic hydroxyl groups is 1. The van der Waals surface area contributed by atoms with Crippen molar-refractivity contribution in [2.45, 2.75) is 40.2 Å². The van der Waals surface area contributed by atoms with Gasteiger partial charge in [-0.1, -0.05) is 56.3 Å². The maximum atomic E-state index is 12.1. The molecule has 0 saturated heterocycles. The molecule has 1 rings (SSSR count). The predicted molar refractivity (Wildman–Crippen MR) is 84.7 cm³/mol. The second-order valence-electron chi connectivity index (χ2n) is 6.29. The first-order valence-electron chi connectivity index (χ1n) is 7.40. The van der Waals surface area contributed by atoms with Crippen LogP contribution in [0.15, 0.2) is 42.5 Å². The second-order valence-corrected chi connectivity index (χ2v) is 6.29. The Kier molecular flexibility index (Phi) is 6.63. The van der Waals surface area contributed by atoms with Gasteiger partial charge in [0.2, 0.25) is 0 Å². The van der Waals surface area contributed by atoms with E-state index in [9.17, 15) is 9.90 Å². The number of aliphatic hydroxyl groups excluding tert-OH is 1. The molecule has 0 aliphatic carbocycles. The van der Waals surface area contributed by atoms with E-state index in [1.807, 2.05) is 50.3 Å². The van der Waals surface area contributed by atoms with Gasteiger partial charge in [0, 0.05) is 0 Å². The Labute approximate surface area is 127 Å². The first kappa shape index (κ1) is 17.4. The van der Waals surface area contributed by atoms with Crippen LogP contribution in [0.3, 0.4) is 0 Å². The molecule has 3 nitrogen and oxygen atoms in total. The van der Waals surface area contributed by atoms with E-state index in [0.29, 0.717) is 12.3 Å². The maximum Gasteiger partial charge on any atom is 0.311 e. The molecule has 0 aromatic heterocycles. The van der Waals surface area contributed by atoms with Crippen molar-refractivity contribution < 1.29 is 14.6 Å². The Bertz CT molecular complexity index is 461. The van der Waals surface area contributed by atoms with Gasteiger partial charge in [-0.2, -0.15) is 0 Å². The molecule has 21 heavy (non-hydrogen) atoms. The van der Waals surface area contributed by atoms with Gasteiger partial charge in [0.1, 0.15) is 12.7 Å². The Hall–Kier alpha value is -1.61. The highest BCUT2D eigenvalue weighted by Crippen LogP contribution is 2.24. The molecule has 0 radical (unpaired) electrons. The number of carbonyl (C=O) groups is 1. The van der Waals surface area contributed by atoms with Crippen LogP contribution >= 0.6 is 0 Å². The Morgan fingerprint density at radius 1 is 1.29 bits per heavy atom. The predicted octanol–water partition coefficient (Wildman–Crippen LogP) is 3.89. The Balaban J connectivity index is 2.48. The van der Waals surface area contributed by atoms with Gasteiger partial charge in [-0.3, -0.25) is 4.79 Å². The van der Waals surface area contributed by atoms with E-state index < -0.39 is 11.5 Å². The van der Waals surface area contributed by atoms with Crippen molar-refractivity contribution in [3.8, 4) is 0 Å². The van der Waals surface area contributed by atoms with Crippen molar-refractivity contribution in [3.63, 3.8) is 0 Å². The molecule has 116 valence electrons. The minimum Gasteiger partial charge on any atom is -0.462 e. The van der Waals surface area contributed by atoms with Crippen LogP contribution < -0.4 is 0 Å². The molecule has 0 fully saturated rings. The summed E-state index contributed by atoms with van der Waals surface area (Å²) in [4.78, 5) is 12.1. The summed E-state index contributed by atoms with van der Waals surface area (Å²) < 4.78 is 5.26. The van der Waals surface area contributed by atoms with Crippen LogP contribution in [0.5, 0.6) is 0 Å². The van der Waals surface area contributed by atoms with E-state index >= 15 is 0 Å². The lowest BCUT2D eigenvalue weighted by molar-refractivity contribution is -0.156. The van der Waals surface area contributed by atoms with Gasteiger partial charge < -0.3 is 9.84 Å². The molecule has 0 heterocycles. The molecule has 1 aromatic rings. The van der Waals surface area contributed by atoms with E-state index in [2.05, 4.69) is 19.9 Å². The van der Waals surface area contributed by atoms with Crippen LogP contribution in [0.1, 0.15) is 45.8 Å². The molecule has 0 aliphatic heterocycles. The van der Waals surface area contributed by atoms with Crippen LogP contribution in [0.2, 0.25) is 0 Å². The summed E-state index contributed by atoms with van der Waals surface area (Å²) in [6.45, 7) is 7.89. The number of ether oxygens (including phenoxy) is 1. The molecule has 0 amide bonds. The number of benzene rings is 1. The average Bonchev–Trinajstić information content (AvgIpc) is 2.44. The molecule has 0 bridgehead atoms. The van der Waals surface area contributed by atoms with Gasteiger partial charge in [-0.25, -0.2) is 0 Å². The zero-order chi connectivity index (χ0) is 15.9. The van der Waals surface area contributed by atoms with Crippen LogP contribution in [-0.4, -0.2) is 17.7 Å². The van der Waals surface area contributed by atoms with Crippen molar-refractivity contribution in [1.82, 2.24) is 0 Å². The maximum absolute atomic E-state index is 12.1. The fraction of sp³-hybridized carbons (Fsp3) is 0.500. The molecule has 1 unspecified atom stereocenters. The van der Waals surface area contributed by atoms with Crippen molar-refractivity contribution in [2.75, 3.05) is 6.61 Å². The molecule has 3 heteroatoms. The number of carbonyl (C=O) groups excluding carboxylic acids is 1. The first-order valence-corrected chi connectivity index (χ1v) is 7.40. The zero-order valence-electron chi connectivity index (χ0n) is 13.4. The van der Waals surface area contributed by atoms with E-state index in [1.165, 1.54) is 0 Å². The van der Waals surface area contributed by atoms with E-state index in [-0.39, 0.29) is 12.6 Å². The minimum absolute atomic E-state index is 0.0137. The zero-order valence-corrected chi connectivity index (χ0v) is 13.4. The summed E-state index contributed by atoms with van der Waals surface area (Å²) in [7, 11) is 0.